The molecule has 0 amide bonds. The van der Waals surface area contributed by atoms with Gasteiger partial charge in [0.05, 0.1) is 13.2 Å². The van der Waals surface area contributed by atoms with E-state index in [4.69, 9.17) is 9.47 Å². The van der Waals surface area contributed by atoms with Gasteiger partial charge in [0, 0.05) is 19.1 Å². The van der Waals surface area contributed by atoms with Crippen molar-refractivity contribution in [1.82, 2.24) is 4.90 Å². The Bertz CT molecular complexity index is 376. The molecule has 1 saturated carbocycles. The fourth-order valence-electron chi connectivity index (χ4n) is 1.99. The van der Waals surface area contributed by atoms with Crippen LogP contribution in [0.2, 0.25) is 0 Å². The van der Waals surface area contributed by atoms with Crippen molar-refractivity contribution in [2.75, 3.05) is 26.4 Å². The fourth-order valence-corrected chi connectivity index (χ4v) is 2.65. The molecule has 0 spiro atoms. The van der Waals surface area contributed by atoms with E-state index in [0.717, 1.165) is 13.1 Å². The Morgan fingerprint density at radius 3 is 3.00 bits per heavy atom. The maximum absolute atomic E-state index is 11.1. The maximum atomic E-state index is 11.1. The average Bonchev–Trinajstić information content (AvgIpc) is 3.12. The van der Waals surface area contributed by atoms with Crippen LogP contribution >= 0.6 is 11.3 Å². The van der Waals surface area contributed by atoms with E-state index in [1.807, 2.05) is 0 Å². The molecule has 5 heteroatoms. The van der Waals surface area contributed by atoms with Crippen LogP contribution in [-0.2, 0) is 20.8 Å². The van der Waals surface area contributed by atoms with E-state index in [0.29, 0.717) is 19.3 Å². The van der Waals surface area contributed by atoms with Gasteiger partial charge in [0.25, 0.3) is 0 Å². The third kappa shape index (κ3) is 5.30. The second kappa shape index (κ2) is 7.62. The predicted octanol–water partition coefficient (Wildman–Crippen LogP) is 2.29. The van der Waals surface area contributed by atoms with Crippen molar-refractivity contribution in [2.24, 2.45) is 0 Å². The van der Waals surface area contributed by atoms with E-state index in [-0.39, 0.29) is 12.6 Å². The Kier molecular flexibility index (Phi) is 5.82. The first-order chi connectivity index (χ1) is 9.29. The van der Waals surface area contributed by atoms with E-state index < -0.39 is 0 Å². The third-order valence-electron chi connectivity index (χ3n) is 3.08. The van der Waals surface area contributed by atoms with Crippen molar-refractivity contribution in [2.45, 2.75) is 32.4 Å². The first kappa shape index (κ1) is 14.5. The van der Waals surface area contributed by atoms with Crippen LogP contribution in [0.5, 0.6) is 0 Å². The van der Waals surface area contributed by atoms with Gasteiger partial charge in [-0.05, 0) is 42.2 Å². The van der Waals surface area contributed by atoms with E-state index >= 15 is 0 Å². The van der Waals surface area contributed by atoms with E-state index in [1.54, 1.807) is 18.3 Å². The number of nitrogens with zero attached hydrogens (tertiary/aromatic N) is 1. The number of carbonyl (C=O) groups is 1. The maximum Gasteiger partial charge on any atom is 0.332 e. The molecule has 1 aromatic rings. The summed E-state index contributed by atoms with van der Waals surface area (Å²) in [5.74, 6) is -0.279. The lowest BCUT2D eigenvalue weighted by Crippen LogP contribution is -2.30. The van der Waals surface area contributed by atoms with Gasteiger partial charge in [0.15, 0.2) is 0 Å². The molecule has 4 nitrogen and oxygen atoms in total. The van der Waals surface area contributed by atoms with Crippen LogP contribution in [-0.4, -0.2) is 43.3 Å². The molecule has 106 valence electrons. The van der Waals surface area contributed by atoms with Crippen LogP contribution < -0.4 is 0 Å². The van der Waals surface area contributed by atoms with E-state index in [2.05, 4.69) is 21.7 Å². The smallest absolute Gasteiger partial charge is 0.332 e. The number of rotatable bonds is 9. The Morgan fingerprint density at radius 2 is 2.37 bits per heavy atom. The zero-order valence-corrected chi connectivity index (χ0v) is 12.2. The Balaban J connectivity index is 1.65. The number of esters is 1. The summed E-state index contributed by atoms with van der Waals surface area (Å²) in [6.45, 7) is 4.71. The SMILES string of the molecule is CCOC(=O)COCCN(Cc1ccsc1)C1CC1. The lowest BCUT2D eigenvalue weighted by Gasteiger charge is -2.21. The molecule has 0 aliphatic heterocycles. The highest BCUT2D eigenvalue weighted by atomic mass is 32.1. The highest BCUT2D eigenvalue weighted by molar-refractivity contribution is 7.07. The minimum atomic E-state index is -0.279. The van der Waals surface area contributed by atoms with Crippen LogP contribution in [0.15, 0.2) is 16.8 Å². The molecule has 0 unspecified atom stereocenters. The topological polar surface area (TPSA) is 38.8 Å². The normalized spacial score (nSPS) is 14.8. The first-order valence-corrected chi connectivity index (χ1v) is 7.72. The zero-order chi connectivity index (χ0) is 13.5. The molecule has 19 heavy (non-hydrogen) atoms. The summed E-state index contributed by atoms with van der Waals surface area (Å²) in [6.07, 6.45) is 2.56. The lowest BCUT2D eigenvalue weighted by atomic mass is 10.3. The molecule has 1 aliphatic carbocycles. The molecule has 0 aromatic carbocycles. The molecular formula is C14H21NO3S. The number of ether oxygens (including phenoxy) is 2. The highest BCUT2D eigenvalue weighted by Gasteiger charge is 2.28. The molecule has 1 aromatic heterocycles. The number of hydrogen-bond acceptors (Lipinski definition) is 5. The average molecular weight is 283 g/mol. The van der Waals surface area contributed by atoms with Gasteiger partial charge in [-0.3, -0.25) is 4.90 Å². The summed E-state index contributed by atoms with van der Waals surface area (Å²) in [5, 5.41) is 4.30. The Morgan fingerprint density at radius 1 is 1.53 bits per heavy atom. The summed E-state index contributed by atoms with van der Waals surface area (Å²) in [4.78, 5) is 13.6. The largest absolute Gasteiger partial charge is 0.464 e. The fraction of sp³-hybridized carbons (Fsp3) is 0.643. The highest BCUT2D eigenvalue weighted by Crippen LogP contribution is 2.28. The van der Waals surface area contributed by atoms with Gasteiger partial charge < -0.3 is 9.47 Å². The molecule has 0 bridgehead atoms. The van der Waals surface area contributed by atoms with Gasteiger partial charge in [-0.2, -0.15) is 11.3 Å². The summed E-state index contributed by atoms with van der Waals surface area (Å²) < 4.78 is 10.2. The van der Waals surface area contributed by atoms with Crippen LogP contribution in [0, 0.1) is 0 Å². The minimum absolute atomic E-state index is 0.0603. The molecular weight excluding hydrogens is 262 g/mol. The molecule has 0 atom stereocenters. The minimum Gasteiger partial charge on any atom is -0.464 e. The van der Waals surface area contributed by atoms with Gasteiger partial charge >= 0.3 is 5.97 Å². The van der Waals surface area contributed by atoms with Gasteiger partial charge in [0.2, 0.25) is 0 Å². The molecule has 2 rings (SSSR count). The summed E-state index contributed by atoms with van der Waals surface area (Å²) in [7, 11) is 0. The third-order valence-corrected chi connectivity index (χ3v) is 3.81. The van der Waals surface area contributed by atoms with Crippen molar-refractivity contribution in [3.8, 4) is 0 Å². The van der Waals surface area contributed by atoms with Crippen LogP contribution in [0.1, 0.15) is 25.3 Å². The Labute approximate surface area is 118 Å². The standard InChI is InChI=1S/C14H21NO3S/c1-2-18-14(16)10-17-7-6-15(13-3-4-13)9-12-5-8-19-11-12/h5,8,11,13H,2-4,6-7,9-10H2,1H3. The molecule has 0 saturated heterocycles. The molecule has 0 radical (unpaired) electrons. The van der Waals surface area contributed by atoms with Crippen molar-refractivity contribution < 1.29 is 14.3 Å². The summed E-state index contributed by atoms with van der Waals surface area (Å²) in [6, 6.07) is 2.87. The van der Waals surface area contributed by atoms with Crippen LogP contribution in [0.4, 0.5) is 0 Å². The number of thiophene rings is 1. The number of hydrogen-bond donors (Lipinski definition) is 0. The van der Waals surface area contributed by atoms with Gasteiger partial charge in [-0.25, -0.2) is 4.79 Å². The van der Waals surface area contributed by atoms with Crippen molar-refractivity contribution in [3.63, 3.8) is 0 Å². The molecule has 0 N–H and O–H groups in total. The zero-order valence-electron chi connectivity index (χ0n) is 11.3. The van der Waals surface area contributed by atoms with Crippen molar-refractivity contribution in [3.05, 3.63) is 22.4 Å². The quantitative estimate of drug-likeness (QED) is 0.515. The Hall–Kier alpha value is -0.910. The number of carbonyl (C=O) groups excluding carboxylic acids is 1. The monoisotopic (exact) mass is 283 g/mol. The van der Waals surface area contributed by atoms with E-state index in [1.165, 1.54) is 18.4 Å². The second-order valence-corrected chi connectivity index (χ2v) is 5.47. The second-order valence-electron chi connectivity index (χ2n) is 4.69. The predicted molar refractivity (Wildman–Crippen MR) is 75.2 cm³/mol. The molecule has 1 aliphatic rings. The summed E-state index contributed by atoms with van der Waals surface area (Å²) in [5.41, 5.74) is 1.36. The van der Waals surface area contributed by atoms with Crippen molar-refractivity contribution >= 4 is 17.3 Å². The van der Waals surface area contributed by atoms with Crippen LogP contribution in [0.3, 0.4) is 0 Å². The lowest BCUT2D eigenvalue weighted by molar-refractivity contribution is -0.148. The van der Waals surface area contributed by atoms with Crippen LogP contribution in [0.25, 0.3) is 0 Å². The molecule has 1 fully saturated rings. The first-order valence-electron chi connectivity index (χ1n) is 6.78. The summed E-state index contributed by atoms with van der Waals surface area (Å²) >= 11 is 1.73. The van der Waals surface area contributed by atoms with E-state index in [9.17, 15) is 4.79 Å². The van der Waals surface area contributed by atoms with Gasteiger partial charge in [0.1, 0.15) is 6.61 Å². The van der Waals surface area contributed by atoms with Crippen molar-refractivity contribution in [1.29, 1.82) is 0 Å². The molecule has 1 heterocycles. The van der Waals surface area contributed by atoms with Gasteiger partial charge in [-0.1, -0.05) is 0 Å². The van der Waals surface area contributed by atoms with Gasteiger partial charge in [-0.15, -0.1) is 0 Å².